The predicted octanol–water partition coefficient (Wildman–Crippen LogP) is 3.45. The van der Waals surface area contributed by atoms with Crippen LogP contribution in [-0.4, -0.2) is 31.3 Å². The quantitative estimate of drug-likeness (QED) is 0.914. The van der Waals surface area contributed by atoms with Gasteiger partial charge in [0, 0.05) is 13.1 Å². The number of pyridine rings is 1. The van der Waals surface area contributed by atoms with E-state index in [1.807, 2.05) is 30.5 Å². The van der Waals surface area contributed by atoms with Crippen LogP contribution in [0.15, 0.2) is 39.5 Å². The van der Waals surface area contributed by atoms with E-state index in [9.17, 15) is 0 Å². The molecule has 1 saturated heterocycles. The van der Waals surface area contributed by atoms with E-state index >= 15 is 0 Å². The van der Waals surface area contributed by atoms with E-state index in [1.54, 1.807) is 0 Å². The van der Waals surface area contributed by atoms with Gasteiger partial charge in [0.05, 0.1) is 31.1 Å². The molecule has 1 aliphatic heterocycles. The summed E-state index contributed by atoms with van der Waals surface area (Å²) < 4.78 is 11.6. The Morgan fingerprint density at radius 1 is 1.24 bits per heavy atom. The fourth-order valence-corrected chi connectivity index (χ4v) is 2.65. The van der Waals surface area contributed by atoms with E-state index in [4.69, 9.17) is 9.15 Å². The first-order chi connectivity index (χ1) is 10.2. The van der Waals surface area contributed by atoms with Crippen LogP contribution in [0, 0.1) is 0 Å². The van der Waals surface area contributed by atoms with Gasteiger partial charge in [0.15, 0.2) is 4.67 Å². The van der Waals surface area contributed by atoms with Crippen LogP contribution in [0.2, 0.25) is 0 Å². The molecule has 1 fully saturated rings. The summed E-state index contributed by atoms with van der Waals surface area (Å²) in [5, 5.41) is 3.38. The zero-order valence-electron chi connectivity index (χ0n) is 11.9. The molecule has 0 bridgehead atoms. The zero-order valence-corrected chi connectivity index (χ0v) is 13.5. The standard InChI is InChI=1S/C15H18BrN3O2/c1-11(13-3-4-14(16)21-13)18-12-2-5-15(17-10-12)19-6-8-20-9-7-19/h2-5,10-11,18H,6-9H2,1H3. The van der Waals surface area contributed by atoms with E-state index in [1.165, 1.54) is 0 Å². The Hall–Kier alpha value is -1.53. The van der Waals surface area contributed by atoms with Crippen LogP contribution in [0.3, 0.4) is 0 Å². The van der Waals surface area contributed by atoms with Crippen LogP contribution in [-0.2, 0) is 4.74 Å². The van der Waals surface area contributed by atoms with Gasteiger partial charge in [0.25, 0.3) is 0 Å². The van der Waals surface area contributed by atoms with E-state index in [0.29, 0.717) is 0 Å². The minimum Gasteiger partial charge on any atom is -0.452 e. The van der Waals surface area contributed by atoms with E-state index in [0.717, 1.165) is 48.2 Å². The second-order valence-electron chi connectivity index (χ2n) is 5.01. The number of nitrogens with zero attached hydrogens (tertiary/aromatic N) is 2. The number of hydrogen-bond acceptors (Lipinski definition) is 5. The molecule has 0 aromatic carbocycles. The largest absolute Gasteiger partial charge is 0.452 e. The summed E-state index contributed by atoms with van der Waals surface area (Å²) >= 11 is 3.32. The highest BCUT2D eigenvalue weighted by atomic mass is 79.9. The van der Waals surface area contributed by atoms with Crippen molar-refractivity contribution >= 4 is 27.4 Å². The number of furan rings is 1. The van der Waals surface area contributed by atoms with Gasteiger partial charge in [-0.05, 0) is 47.1 Å². The first-order valence-electron chi connectivity index (χ1n) is 7.03. The number of morpholine rings is 1. The summed E-state index contributed by atoms with van der Waals surface area (Å²) in [5.41, 5.74) is 0.979. The lowest BCUT2D eigenvalue weighted by Crippen LogP contribution is -2.36. The van der Waals surface area contributed by atoms with Crippen molar-refractivity contribution in [1.82, 2.24) is 4.98 Å². The molecule has 2 aromatic heterocycles. The van der Waals surface area contributed by atoms with Crippen molar-refractivity contribution in [2.45, 2.75) is 13.0 Å². The van der Waals surface area contributed by atoms with E-state index < -0.39 is 0 Å². The van der Waals surface area contributed by atoms with Crippen LogP contribution >= 0.6 is 15.9 Å². The molecular weight excluding hydrogens is 334 g/mol. The van der Waals surface area contributed by atoms with Gasteiger partial charge in [-0.15, -0.1) is 0 Å². The normalized spacial score (nSPS) is 16.8. The SMILES string of the molecule is CC(Nc1ccc(N2CCOCC2)nc1)c1ccc(Br)o1. The molecule has 21 heavy (non-hydrogen) atoms. The minimum atomic E-state index is 0.0901. The molecule has 6 heteroatoms. The second kappa shape index (κ2) is 6.49. The molecule has 1 unspecified atom stereocenters. The van der Waals surface area contributed by atoms with Gasteiger partial charge in [0.2, 0.25) is 0 Å². The minimum absolute atomic E-state index is 0.0901. The molecule has 1 aliphatic rings. The van der Waals surface area contributed by atoms with Crippen molar-refractivity contribution < 1.29 is 9.15 Å². The highest BCUT2D eigenvalue weighted by Gasteiger charge is 2.13. The molecule has 3 rings (SSSR count). The number of nitrogens with one attached hydrogen (secondary N) is 1. The summed E-state index contributed by atoms with van der Waals surface area (Å²) in [6, 6.07) is 8.03. The lowest BCUT2D eigenvalue weighted by molar-refractivity contribution is 0.122. The van der Waals surface area contributed by atoms with E-state index in [2.05, 4.69) is 38.1 Å². The van der Waals surface area contributed by atoms with Crippen molar-refractivity contribution in [3.8, 4) is 0 Å². The highest BCUT2D eigenvalue weighted by Crippen LogP contribution is 2.24. The number of aromatic nitrogens is 1. The fraction of sp³-hybridized carbons (Fsp3) is 0.400. The second-order valence-corrected chi connectivity index (χ2v) is 5.79. The Labute approximate surface area is 132 Å². The van der Waals surface area contributed by atoms with Crippen LogP contribution in [0.5, 0.6) is 0 Å². The molecule has 0 radical (unpaired) electrons. The van der Waals surface area contributed by atoms with Crippen molar-refractivity contribution in [3.05, 3.63) is 40.9 Å². The topological polar surface area (TPSA) is 50.5 Å². The molecule has 0 aliphatic carbocycles. The lowest BCUT2D eigenvalue weighted by atomic mass is 10.2. The predicted molar refractivity (Wildman–Crippen MR) is 85.7 cm³/mol. The molecule has 3 heterocycles. The third kappa shape index (κ3) is 3.57. The highest BCUT2D eigenvalue weighted by molar-refractivity contribution is 9.10. The maximum atomic E-state index is 5.55. The monoisotopic (exact) mass is 351 g/mol. The molecule has 1 N–H and O–H groups in total. The van der Waals surface area contributed by atoms with Crippen molar-refractivity contribution in [1.29, 1.82) is 0 Å². The van der Waals surface area contributed by atoms with Crippen LogP contribution in [0.1, 0.15) is 18.7 Å². The summed E-state index contributed by atoms with van der Waals surface area (Å²) in [6.07, 6.45) is 1.86. The molecule has 112 valence electrons. The maximum Gasteiger partial charge on any atom is 0.169 e. The van der Waals surface area contributed by atoms with Crippen LogP contribution < -0.4 is 10.2 Å². The van der Waals surface area contributed by atoms with Gasteiger partial charge < -0.3 is 19.4 Å². The lowest BCUT2D eigenvalue weighted by Gasteiger charge is -2.27. The Balaban J connectivity index is 1.63. The Bertz CT molecular complexity index is 579. The van der Waals surface area contributed by atoms with Crippen molar-refractivity contribution in [2.75, 3.05) is 36.5 Å². The summed E-state index contributed by atoms with van der Waals surface area (Å²) in [7, 11) is 0. The number of rotatable bonds is 4. The maximum absolute atomic E-state index is 5.55. The number of hydrogen-bond donors (Lipinski definition) is 1. The third-order valence-corrected chi connectivity index (χ3v) is 3.91. The third-order valence-electron chi connectivity index (χ3n) is 3.49. The number of ether oxygens (including phenoxy) is 1. The Kier molecular flexibility index (Phi) is 4.45. The van der Waals surface area contributed by atoms with Crippen LogP contribution in [0.25, 0.3) is 0 Å². The van der Waals surface area contributed by atoms with Crippen molar-refractivity contribution in [3.63, 3.8) is 0 Å². The molecule has 0 saturated carbocycles. The van der Waals surface area contributed by atoms with Gasteiger partial charge in [0.1, 0.15) is 11.6 Å². The summed E-state index contributed by atoms with van der Waals surface area (Å²) in [6.45, 7) is 5.40. The summed E-state index contributed by atoms with van der Waals surface area (Å²) in [4.78, 5) is 6.76. The average Bonchev–Trinajstić information content (AvgIpc) is 2.96. The number of halogens is 1. The molecular formula is C15H18BrN3O2. The Morgan fingerprint density at radius 2 is 2.05 bits per heavy atom. The van der Waals surface area contributed by atoms with Crippen LogP contribution in [0.4, 0.5) is 11.5 Å². The first-order valence-corrected chi connectivity index (χ1v) is 7.82. The van der Waals surface area contributed by atoms with Gasteiger partial charge in [-0.25, -0.2) is 4.98 Å². The summed E-state index contributed by atoms with van der Waals surface area (Å²) in [5.74, 6) is 1.89. The molecule has 0 spiro atoms. The van der Waals surface area contributed by atoms with Gasteiger partial charge in [-0.2, -0.15) is 0 Å². The molecule has 5 nitrogen and oxygen atoms in total. The zero-order chi connectivity index (χ0) is 14.7. The number of anilines is 2. The smallest absolute Gasteiger partial charge is 0.169 e. The van der Waals surface area contributed by atoms with E-state index in [-0.39, 0.29) is 6.04 Å². The molecule has 1 atom stereocenters. The molecule has 2 aromatic rings. The molecule has 0 amide bonds. The van der Waals surface area contributed by atoms with Gasteiger partial charge in [-0.1, -0.05) is 0 Å². The first kappa shape index (κ1) is 14.4. The average molecular weight is 352 g/mol. The Morgan fingerprint density at radius 3 is 2.67 bits per heavy atom. The van der Waals surface area contributed by atoms with Gasteiger partial charge in [-0.3, -0.25) is 0 Å². The van der Waals surface area contributed by atoms with Crippen molar-refractivity contribution in [2.24, 2.45) is 0 Å². The van der Waals surface area contributed by atoms with Gasteiger partial charge >= 0.3 is 0 Å². The fourth-order valence-electron chi connectivity index (χ4n) is 2.33.